The van der Waals surface area contributed by atoms with Gasteiger partial charge in [-0.05, 0) is 11.8 Å². The summed E-state index contributed by atoms with van der Waals surface area (Å²) in [5.74, 6) is 1.56. The van der Waals surface area contributed by atoms with Crippen molar-refractivity contribution in [2.75, 3.05) is 30.0 Å². The molecule has 0 amide bonds. The number of hydrogen-bond donors (Lipinski definition) is 4. The van der Waals surface area contributed by atoms with E-state index in [1.807, 2.05) is 0 Å². The molecule has 0 saturated carbocycles. The van der Waals surface area contributed by atoms with Gasteiger partial charge in [0.05, 0.1) is 0 Å². The Morgan fingerprint density at radius 2 is 1.94 bits per heavy atom. The van der Waals surface area contributed by atoms with E-state index in [2.05, 4.69) is 41.4 Å². The van der Waals surface area contributed by atoms with Crippen LogP contribution in [-0.4, -0.2) is 34.8 Å². The van der Waals surface area contributed by atoms with Gasteiger partial charge in [0.2, 0.25) is 5.95 Å². The third-order valence-electron chi connectivity index (χ3n) is 2.78. The second kappa shape index (κ2) is 5.86. The van der Waals surface area contributed by atoms with Gasteiger partial charge in [-0.1, -0.05) is 20.8 Å². The van der Waals surface area contributed by atoms with Crippen LogP contribution >= 0.6 is 0 Å². The van der Waals surface area contributed by atoms with Gasteiger partial charge in [0.25, 0.3) is 0 Å². The van der Waals surface area contributed by atoms with Crippen LogP contribution in [-0.2, 0) is 0 Å². The van der Waals surface area contributed by atoms with E-state index in [-0.39, 0.29) is 24.0 Å². The largest absolute Gasteiger partial charge is 0.396 e. The smallest absolute Gasteiger partial charge is 0.223 e. The predicted molar refractivity (Wildman–Crippen MR) is 74.6 cm³/mol. The summed E-state index contributed by atoms with van der Waals surface area (Å²) in [5, 5.41) is 15.4. The molecule has 5 N–H and O–H groups in total. The lowest BCUT2D eigenvalue weighted by molar-refractivity contribution is 0.235. The third kappa shape index (κ3) is 4.03. The zero-order valence-corrected chi connectivity index (χ0v) is 11.5. The van der Waals surface area contributed by atoms with Crippen LogP contribution in [0.5, 0.6) is 0 Å². The van der Waals surface area contributed by atoms with Gasteiger partial charge < -0.3 is 21.5 Å². The molecule has 6 nitrogen and oxygen atoms in total. The number of anilines is 3. The zero-order chi connectivity index (χ0) is 13.8. The number of nitrogen functional groups attached to an aromatic ring is 1. The number of aromatic nitrogens is 2. The Bertz CT molecular complexity index is 389. The molecule has 6 heteroatoms. The monoisotopic (exact) mass is 253 g/mol. The highest BCUT2D eigenvalue weighted by molar-refractivity contribution is 5.51. The third-order valence-corrected chi connectivity index (χ3v) is 2.78. The summed E-state index contributed by atoms with van der Waals surface area (Å²) >= 11 is 0. The van der Waals surface area contributed by atoms with Gasteiger partial charge in [-0.2, -0.15) is 9.97 Å². The van der Waals surface area contributed by atoms with Gasteiger partial charge >= 0.3 is 0 Å². The molecule has 0 aliphatic carbocycles. The lowest BCUT2D eigenvalue weighted by Crippen LogP contribution is -2.35. The van der Waals surface area contributed by atoms with Gasteiger partial charge in [-0.15, -0.1) is 0 Å². The van der Waals surface area contributed by atoms with Crippen LogP contribution in [0.4, 0.5) is 17.6 Å². The van der Waals surface area contributed by atoms with Crippen LogP contribution in [0.15, 0.2) is 6.07 Å². The second-order valence-corrected chi connectivity index (χ2v) is 5.32. The average molecular weight is 253 g/mol. The second-order valence-electron chi connectivity index (χ2n) is 5.32. The molecule has 0 aliphatic heterocycles. The first-order chi connectivity index (χ1) is 8.36. The Kier molecular flexibility index (Phi) is 4.72. The minimum atomic E-state index is 0.0161. The van der Waals surface area contributed by atoms with Gasteiger partial charge in [0.15, 0.2) is 0 Å². The highest BCUT2D eigenvalue weighted by Crippen LogP contribution is 2.25. The standard InChI is InChI=1S/C12H23N5O/c1-12(2,3)8(5-6-18)15-10-7-9(14-4)16-11(13)17-10/h7-8,18H,5-6H2,1-4H3,(H4,13,14,15,16,17). The highest BCUT2D eigenvalue weighted by Gasteiger charge is 2.24. The summed E-state index contributed by atoms with van der Waals surface area (Å²) in [7, 11) is 1.78. The van der Waals surface area contributed by atoms with Crippen molar-refractivity contribution in [2.24, 2.45) is 5.41 Å². The van der Waals surface area contributed by atoms with E-state index < -0.39 is 0 Å². The van der Waals surface area contributed by atoms with Crippen molar-refractivity contribution < 1.29 is 5.11 Å². The lowest BCUT2D eigenvalue weighted by Gasteiger charge is -2.31. The van der Waals surface area contributed by atoms with E-state index >= 15 is 0 Å². The van der Waals surface area contributed by atoms with Gasteiger partial charge in [-0.3, -0.25) is 0 Å². The fourth-order valence-corrected chi connectivity index (χ4v) is 1.70. The number of nitrogens with one attached hydrogen (secondary N) is 2. The predicted octanol–water partition coefficient (Wildman–Crippen LogP) is 1.31. The average Bonchev–Trinajstić information content (AvgIpc) is 2.26. The van der Waals surface area contributed by atoms with Crippen molar-refractivity contribution >= 4 is 17.6 Å². The van der Waals surface area contributed by atoms with E-state index in [1.165, 1.54) is 0 Å². The van der Waals surface area contributed by atoms with Crippen LogP contribution in [0.2, 0.25) is 0 Å². The minimum Gasteiger partial charge on any atom is -0.396 e. The van der Waals surface area contributed by atoms with Crippen LogP contribution in [0.25, 0.3) is 0 Å². The summed E-state index contributed by atoms with van der Waals surface area (Å²) < 4.78 is 0. The molecular weight excluding hydrogens is 230 g/mol. The highest BCUT2D eigenvalue weighted by atomic mass is 16.3. The molecule has 0 bridgehead atoms. The maximum absolute atomic E-state index is 9.12. The normalized spacial score (nSPS) is 13.2. The molecule has 1 unspecified atom stereocenters. The molecule has 0 spiro atoms. The quantitative estimate of drug-likeness (QED) is 0.632. The van der Waals surface area contributed by atoms with Crippen LogP contribution in [0, 0.1) is 5.41 Å². The summed E-state index contributed by atoms with van der Waals surface area (Å²) in [5.41, 5.74) is 5.66. The first-order valence-corrected chi connectivity index (χ1v) is 6.06. The number of hydrogen-bond acceptors (Lipinski definition) is 6. The Morgan fingerprint density at radius 1 is 1.33 bits per heavy atom. The molecule has 0 saturated heterocycles. The zero-order valence-electron chi connectivity index (χ0n) is 11.5. The van der Waals surface area contributed by atoms with Gasteiger partial charge in [-0.25, -0.2) is 0 Å². The van der Waals surface area contributed by atoms with E-state index in [9.17, 15) is 0 Å². The van der Waals surface area contributed by atoms with E-state index in [0.717, 1.165) is 0 Å². The SMILES string of the molecule is CNc1cc(NC(CCO)C(C)(C)C)nc(N)n1. The number of aliphatic hydroxyl groups is 1. The molecule has 0 radical (unpaired) electrons. The van der Waals surface area contributed by atoms with Crippen molar-refractivity contribution in [3.8, 4) is 0 Å². The molecule has 0 aliphatic rings. The topological polar surface area (TPSA) is 96.1 Å². The Balaban J connectivity index is 2.90. The number of aliphatic hydroxyl groups excluding tert-OH is 1. The minimum absolute atomic E-state index is 0.0161. The van der Waals surface area contributed by atoms with E-state index in [4.69, 9.17) is 10.8 Å². The molecule has 18 heavy (non-hydrogen) atoms. The summed E-state index contributed by atoms with van der Waals surface area (Å²) in [6.07, 6.45) is 0.655. The molecule has 1 heterocycles. The first-order valence-electron chi connectivity index (χ1n) is 6.06. The molecule has 1 aromatic rings. The fourth-order valence-electron chi connectivity index (χ4n) is 1.70. The lowest BCUT2D eigenvalue weighted by atomic mass is 9.85. The molecule has 0 aromatic carbocycles. The Hall–Kier alpha value is -1.56. The molecule has 1 atom stereocenters. The molecule has 1 rings (SSSR count). The number of nitrogens with zero attached hydrogens (tertiary/aromatic N) is 2. The van der Waals surface area contributed by atoms with E-state index in [1.54, 1.807) is 13.1 Å². The Labute approximate surface area is 108 Å². The van der Waals surface area contributed by atoms with Crippen LogP contribution in [0.3, 0.4) is 0 Å². The maximum Gasteiger partial charge on any atom is 0.223 e. The van der Waals surface area contributed by atoms with Crippen molar-refractivity contribution in [3.05, 3.63) is 6.07 Å². The molecule has 1 aromatic heterocycles. The fraction of sp³-hybridized carbons (Fsp3) is 0.667. The number of nitrogens with two attached hydrogens (primary N) is 1. The Morgan fingerprint density at radius 3 is 2.44 bits per heavy atom. The number of rotatable bonds is 5. The molecule has 0 fully saturated rings. The van der Waals surface area contributed by atoms with Crippen LogP contribution in [0.1, 0.15) is 27.2 Å². The van der Waals surface area contributed by atoms with Crippen molar-refractivity contribution in [1.29, 1.82) is 0 Å². The van der Waals surface area contributed by atoms with Crippen molar-refractivity contribution in [3.63, 3.8) is 0 Å². The van der Waals surface area contributed by atoms with Crippen LogP contribution < -0.4 is 16.4 Å². The van der Waals surface area contributed by atoms with E-state index in [0.29, 0.717) is 18.1 Å². The van der Waals surface area contributed by atoms with Gasteiger partial charge in [0, 0.05) is 25.8 Å². The maximum atomic E-state index is 9.12. The molecule has 102 valence electrons. The summed E-state index contributed by atoms with van der Waals surface area (Å²) in [4.78, 5) is 8.19. The summed E-state index contributed by atoms with van der Waals surface area (Å²) in [6.45, 7) is 6.48. The molecular formula is C12H23N5O. The van der Waals surface area contributed by atoms with Gasteiger partial charge in [0.1, 0.15) is 11.6 Å². The van der Waals surface area contributed by atoms with Crippen molar-refractivity contribution in [2.45, 2.75) is 33.2 Å². The summed E-state index contributed by atoms with van der Waals surface area (Å²) in [6, 6.07) is 1.91. The van der Waals surface area contributed by atoms with Crippen molar-refractivity contribution in [1.82, 2.24) is 9.97 Å². The first kappa shape index (κ1) is 14.5.